The Morgan fingerprint density at radius 2 is 1.94 bits per heavy atom. The molecule has 2 heterocycles. The second kappa shape index (κ2) is 10.6. The van der Waals surface area contributed by atoms with Crippen LogP contribution in [0.2, 0.25) is 0 Å². The molecule has 0 aliphatic carbocycles. The number of carbonyl (C=O) groups is 3. The number of aromatic nitrogens is 1. The predicted molar refractivity (Wildman–Crippen MR) is 121 cm³/mol. The van der Waals surface area contributed by atoms with Gasteiger partial charge in [0, 0.05) is 26.2 Å². The first kappa shape index (κ1) is 25.1. The fraction of sp³-hybridized carbons (Fsp3) is 0.375. The Kier molecular flexibility index (Phi) is 7.83. The highest BCUT2D eigenvalue weighted by molar-refractivity contribution is 5.94. The van der Waals surface area contributed by atoms with Crippen LogP contribution in [-0.4, -0.2) is 69.5 Å². The predicted octanol–water partition coefficient (Wildman–Crippen LogP) is 1.27. The summed E-state index contributed by atoms with van der Waals surface area (Å²) in [4.78, 5) is 39.1. The van der Waals surface area contributed by atoms with Gasteiger partial charge in [0.15, 0.2) is 6.10 Å². The van der Waals surface area contributed by atoms with E-state index in [4.69, 9.17) is 0 Å². The Morgan fingerprint density at radius 1 is 1.24 bits per heavy atom. The third-order valence-corrected chi connectivity index (χ3v) is 5.70. The molecule has 2 aromatic rings. The van der Waals surface area contributed by atoms with Gasteiger partial charge in [-0.05, 0) is 24.1 Å². The van der Waals surface area contributed by atoms with E-state index in [0.717, 1.165) is 5.56 Å². The van der Waals surface area contributed by atoms with E-state index in [-0.39, 0.29) is 13.0 Å². The van der Waals surface area contributed by atoms with Crippen molar-refractivity contribution in [2.24, 2.45) is 7.05 Å². The van der Waals surface area contributed by atoms with E-state index in [1.807, 2.05) is 0 Å². The van der Waals surface area contributed by atoms with Crippen LogP contribution < -0.4 is 10.6 Å². The first-order valence-corrected chi connectivity index (χ1v) is 10.8. The van der Waals surface area contributed by atoms with Gasteiger partial charge in [0.1, 0.15) is 11.7 Å². The van der Waals surface area contributed by atoms with Crippen LogP contribution in [0.4, 0.5) is 8.78 Å². The lowest BCUT2D eigenvalue weighted by atomic mass is 9.99. The second-order valence-electron chi connectivity index (χ2n) is 8.29. The highest BCUT2D eigenvalue weighted by Gasteiger charge is 2.51. The largest absolute Gasteiger partial charge is 0.381 e. The van der Waals surface area contributed by atoms with E-state index in [0.29, 0.717) is 10.6 Å². The zero-order valence-corrected chi connectivity index (χ0v) is 18.8. The van der Waals surface area contributed by atoms with E-state index in [2.05, 4.69) is 17.2 Å². The highest BCUT2D eigenvalue weighted by atomic mass is 19.3. The molecule has 3 N–H and O–H groups in total. The van der Waals surface area contributed by atoms with Crippen LogP contribution in [-0.2, 0) is 23.1 Å². The summed E-state index contributed by atoms with van der Waals surface area (Å²) in [5.41, 5.74) is 1.02. The van der Waals surface area contributed by atoms with Gasteiger partial charge in [-0.25, -0.2) is 8.78 Å². The number of carbonyl (C=O) groups excluding carboxylic acids is 3. The van der Waals surface area contributed by atoms with Crippen molar-refractivity contribution in [2.75, 3.05) is 13.1 Å². The maximum Gasteiger partial charge on any atom is 0.268 e. The van der Waals surface area contributed by atoms with Gasteiger partial charge in [0.25, 0.3) is 17.7 Å². The van der Waals surface area contributed by atoms with Crippen molar-refractivity contribution < 1.29 is 28.3 Å². The molecular weight excluding hydrogens is 446 g/mol. The van der Waals surface area contributed by atoms with Crippen LogP contribution in [0, 0.1) is 0 Å². The third-order valence-electron chi connectivity index (χ3n) is 5.70. The molecular formula is C24H28F2N4O4. The topological polar surface area (TPSA) is 104 Å². The van der Waals surface area contributed by atoms with Crippen LogP contribution in [0.25, 0.3) is 0 Å². The van der Waals surface area contributed by atoms with E-state index >= 15 is 0 Å². The maximum absolute atomic E-state index is 14.2. The zero-order chi connectivity index (χ0) is 24.9. The van der Waals surface area contributed by atoms with Gasteiger partial charge < -0.3 is 25.2 Å². The molecule has 3 atom stereocenters. The summed E-state index contributed by atoms with van der Waals surface area (Å²) in [6.45, 7) is 2.51. The van der Waals surface area contributed by atoms with Crippen molar-refractivity contribution in [3.05, 3.63) is 72.6 Å². The molecule has 0 saturated carbocycles. The molecule has 182 valence electrons. The molecule has 1 aliphatic rings. The molecule has 3 unspecified atom stereocenters. The lowest BCUT2D eigenvalue weighted by molar-refractivity contribution is -0.147. The number of aryl methyl sites for hydroxylation is 1. The molecule has 8 nitrogen and oxygen atoms in total. The minimum Gasteiger partial charge on any atom is -0.381 e. The van der Waals surface area contributed by atoms with E-state index < -0.39 is 54.8 Å². The van der Waals surface area contributed by atoms with Gasteiger partial charge in [-0.15, -0.1) is 6.58 Å². The van der Waals surface area contributed by atoms with Crippen LogP contribution in [0.3, 0.4) is 0 Å². The summed E-state index contributed by atoms with van der Waals surface area (Å²) in [6, 6.07) is 9.51. The minimum atomic E-state index is -3.28. The van der Waals surface area contributed by atoms with Crippen LogP contribution >= 0.6 is 0 Å². The summed E-state index contributed by atoms with van der Waals surface area (Å²) in [7, 11) is 1.67. The number of nitrogens with zero attached hydrogens (tertiary/aromatic N) is 2. The molecule has 1 fully saturated rings. The second-order valence-corrected chi connectivity index (χ2v) is 8.29. The zero-order valence-electron chi connectivity index (χ0n) is 18.8. The standard InChI is InChI=1S/C24H28F2N4O4/c1-3-11-27-21(32)19-14-24(25,26)15-30(19)23(34)20(31)17(13-16-8-5-4-6-9-16)28-22(33)18-10-7-12-29(18)2/h3-10,12,17,19-20,31H,1,11,13-15H2,2H3,(H,27,32)(H,28,33). The molecule has 10 heteroatoms. The summed E-state index contributed by atoms with van der Waals surface area (Å²) in [6.07, 6.45) is 0.422. The van der Waals surface area contributed by atoms with Crippen LogP contribution in [0.5, 0.6) is 0 Å². The number of amides is 3. The summed E-state index contributed by atoms with van der Waals surface area (Å²) in [5, 5.41) is 16.0. The smallest absolute Gasteiger partial charge is 0.268 e. The molecule has 0 radical (unpaired) electrons. The number of halogens is 2. The van der Waals surface area contributed by atoms with E-state index in [9.17, 15) is 28.3 Å². The molecule has 1 saturated heterocycles. The van der Waals surface area contributed by atoms with Crippen molar-refractivity contribution in [1.29, 1.82) is 0 Å². The normalized spacial score (nSPS) is 18.7. The van der Waals surface area contributed by atoms with Crippen molar-refractivity contribution in [3.8, 4) is 0 Å². The minimum absolute atomic E-state index is 0.0504. The number of alkyl halides is 2. The fourth-order valence-electron chi connectivity index (χ4n) is 3.96. The van der Waals surface area contributed by atoms with Gasteiger partial charge in [-0.3, -0.25) is 14.4 Å². The first-order chi connectivity index (χ1) is 16.1. The molecule has 1 aromatic heterocycles. The lowest BCUT2D eigenvalue weighted by Crippen LogP contribution is -2.56. The first-order valence-electron chi connectivity index (χ1n) is 10.8. The van der Waals surface area contributed by atoms with Crippen molar-refractivity contribution in [2.45, 2.75) is 37.0 Å². The van der Waals surface area contributed by atoms with Gasteiger partial charge in [-0.1, -0.05) is 36.4 Å². The Morgan fingerprint density at radius 3 is 2.56 bits per heavy atom. The highest BCUT2D eigenvalue weighted by Crippen LogP contribution is 2.33. The Bertz CT molecular complexity index is 1040. The Hall–Kier alpha value is -3.53. The molecule has 34 heavy (non-hydrogen) atoms. The van der Waals surface area contributed by atoms with Gasteiger partial charge in [-0.2, -0.15) is 0 Å². The maximum atomic E-state index is 14.2. The number of benzene rings is 1. The summed E-state index contributed by atoms with van der Waals surface area (Å²) in [5.74, 6) is -5.63. The lowest BCUT2D eigenvalue weighted by Gasteiger charge is -2.30. The van der Waals surface area contributed by atoms with Crippen LogP contribution in [0.15, 0.2) is 61.3 Å². The van der Waals surface area contributed by atoms with Crippen LogP contribution in [0.1, 0.15) is 22.5 Å². The average Bonchev–Trinajstić information content (AvgIpc) is 3.38. The van der Waals surface area contributed by atoms with E-state index in [1.165, 1.54) is 6.08 Å². The summed E-state index contributed by atoms with van der Waals surface area (Å²) >= 11 is 0. The molecule has 3 rings (SSSR count). The molecule has 3 amide bonds. The molecule has 1 aliphatic heterocycles. The Balaban J connectivity index is 1.84. The average molecular weight is 475 g/mol. The monoisotopic (exact) mass is 474 g/mol. The van der Waals surface area contributed by atoms with Gasteiger partial charge >= 0.3 is 0 Å². The number of hydrogen-bond acceptors (Lipinski definition) is 4. The third kappa shape index (κ3) is 5.88. The SMILES string of the molecule is C=CCNC(=O)C1CC(F)(F)CN1C(=O)C(O)C(Cc1ccccc1)NC(=O)c1cccn1C. The quantitative estimate of drug-likeness (QED) is 0.476. The van der Waals surface area contributed by atoms with Crippen molar-refractivity contribution in [3.63, 3.8) is 0 Å². The number of likely N-dealkylation sites (tertiary alicyclic amines) is 1. The summed E-state index contributed by atoms with van der Waals surface area (Å²) < 4.78 is 30.0. The fourth-order valence-corrected chi connectivity index (χ4v) is 3.96. The molecule has 0 spiro atoms. The molecule has 0 bridgehead atoms. The Labute approximate surface area is 196 Å². The van der Waals surface area contributed by atoms with Gasteiger partial charge in [0.2, 0.25) is 5.91 Å². The van der Waals surface area contributed by atoms with E-state index in [1.54, 1.807) is 60.3 Å². The van der Waals surface area contributed by atoms with Crippen molar-refractivity contribution >= 4 is 17.7 Å². The molecule has 1 aromatic carbocycles. The number of nitrogens with one attached hydrogen (secondary N) is 2. The number of aliphatic hydroxyl groups excluding tert-OH is 1. The number of aliphatic hydroxyl groups is 1. The number of rotatable bonds is 9. The van der Waals surface area contributed by atoms with Gasteiger partial charge in [0.05, 0.1) is 12.6 Å². The number of hydrogen-bond donors (Lipinski definition) is 3. The van der Waals surface area contributed by atoms with Crippen molar-refractivity contribution in [1.82, 2.24) is 20.1 Å².